The third kappa shape index (κ3) is 5.85. The molecule has 0 bridgehead atoms. The van der Waals surface area contributed by atoms with Gasteiger partial charge in [-0.25, -0.2) is 13.1 Å². The molecule has 1 amide bonds. The zero-order valence-corrected chi connectivity index (χ0v) is 21.0. The van der Waals surface area contributed by atoms with E-state index >= 15 is 0 Å². The lowest BCUT2D eigenvalue weighted by Gasteiger charge is -2.20. The Balaban J connectivity index is 1.71. The maximum absolute atomic E-state index is 12.8. The van der Waals surface area contributed by atoms with E-state index in [0.29, 0.717) is 5.02 Å². The van der Waals surface area contributed by atoms with E-state index in [1.165, 1.54) is 18.2 Å². The number of halogens is 2. The van der Waals surface area contributed by atoms with Gasteiger partial charge in [-0.05, 0) is 41.7 Å². The first kappa shape index (κ1) is 24.6. The number of nitrogens with one attached hydrogen (secondary N) is 2. The minimum atomic E-state index is -3.94. The summed E-state index contributed by atoms with van der Waals surface area (Å²) in [5.74, 6) is -0.549. The van der Waals surface area contributed by atoms with Crippen molar-refractivity contribution in [3.8, 4) is 0 Å². The highest BCUT2D eigenvalue weighted by Gasteiger charge is 2.24. The third-order valence-corrected chi connectivity index (χ3v) is 7.94. The molecule has 0 saturated heterocycles. The normalized spacial score (nSPS) is 13.1. The fraction of sp³-hybridized carbons (Fsp3) is 0.286. The standard InChI is InChI=1S/C21H22Cl2N4O3S2/c1-12(13-5-7-14(8-6-13)21(2,3)4)27-32(29,30)20-26-25-19(31-20)24-18(28)16-10-9-15(22)11-17(16)23/h5-12,27H,1-4H3,(H,24,25,28)/t12-/m1/s1. The van der Waals surface area contributed by atoms with Crippen molar-refractivity contribution in [1.82, 2.24) is 14.9 Å². The van der Waals surface area contributed by atoms with Gasteiger partial charge in [-0.1, -0.05) is 79.6 Å². The quantitative estimate of drug-likeness (QED) is 0.428. The van der Waals surface area contributed by atoms with E-state index in [2.05, 4.69) is 41.0 Å². The van der Waals surface area contributed by atoms with Gasteiger partial charge in [0.25, 0.3) is 15.9 Å². The molecule has 2 aromatic carbocycles. The van der Waals surface area contributed by atoms with Crippen LogP contribution in [-0.2, 0) is 15.4 Å². The maximum Gasteiger partial charge on any atom is 0.270 e. The highest BCUT2D eigenvalue weighted by Crippen LogP contribution is 2.27. The van der Waals surface area contributed by atoms with Crippen LogP contribution in [0.4, 0.5) is 5.13 Å². The van der Waals surface area contributed by atoms with E-state index in [9.17, 15) is 13.2 Å². The molecule has 2 N–H and O–H groups in total. The Labute approximate surface area is 201 Å². The highest BCUT2D eigenvalue weighted by molar-refractivity contribution is 7.91. The Morgan fingerprint density at radius 3 is 2.31 bits per heavy atom. The number of sulfonamides is 1. The van der Waals surface area contributed by atoms with Crippen LogP contribution < -0.4 is 10.0 Å². The Kier molecular flexibility index (Phi) is 7.26. The Bertz CT molecular complexity index is 1240. The van der Waals surface area contributed by atoms with Crippen LogP contribution >= 0.6 is 34.5 Å². The van der Waals surface area contributed by atoms with Gasteiger partial charge in [-0.2, -0.15) is 0 Å². The van der Waals surface area contributed by atoms with Gasteiger partial charge in [0.1, 0.15) is 0 Å². The lowest BCUT2D eigenvalue weighted by atomic mass is 9.86. The number of aromatic nitrogens is 2. The molecule has 3 aromatic rings. The van der Waals surface area contributed by atoms with Crippen molar-refractivity contribution in [1.29, 1.82) is 0 Å². The van der Waals surface area contributed by atoms with Crippen molar-refractivity contribution < 1.29 is 13.2 Å². The first-order valence-electron chi connectivity index (χ1n) is 9.59. The van der Waals surface area contributed by atoms with Crippen LogP contribution in [0.3, 0.4) is 0 Å². The number of hydrogen-bond donors (Lipinski definition) is 2. The molecule has 0 aliphatic carbocycles. The average molecular weight is 513 g/mol. The van der Waals surface area contributed by atoms with Gasteiger partial charge in [0, 0.05) is 11.1 Å². The number of carbonyl (C=O) groups is 1. The van der Waals surface area contributed by atoms with Gasteiger partial charge >= 0.3 is 0 Å². The molecule has 0 spiro atoms. The van der Waals surface area contributed by atoms with Crippen LogP contribution in [0.1, 0.15) is 55.2 Å². The first-order chi connectivity index (χ1) is 14.9. The molecule has 7 nitrogen and oxygen atoms in total. The monoisotopic (exact) mass is 512 g/mol. The SMILES string of the molecule is C[C@@H](NS(=O)(=O)c1nnc(NC(=O)c2ccc(Cl)cc2Cl)s1)c1ccc(C(C)(C)C)cc1. The number of rotatable bonds is 6. The summed E-state index contributed by atoms with van der Waals surface area (Å²) in [6, 6.07) is 11.7. The van der Waals surface area contributed by atoms with Gasteiger partial charge in [-0.3, -0.25) is 10.1 Å². The summed E-state index contributed by atoms with van der Waals surface area (Å²) in [6.07, 6.45) is 0. The Morgan fingerprint density at radius 1 is 1.06 bits per heavy atom. The zero-order valence-electron chi connectivity index (χ0n) is 17.8. The molecule has 11 heteroatoms. The molecule has 0 saturated carbocycles. The fourth-order valence-corrected chi connectivity index (χ4v) is 5.47. The van der Waals surface area contributed by atoms with Gasteiger partial charge < -0.3 is 0 Å². The predicted molar refractivity (Wildman–Crippen MR) is 128 cm³/mol. The average Bonchev–Trinajstić information content (AvgIpc) is 3.16. The molecule has 0 aliphatic heterocycles. The molecule has 0 aliphatic rings. The number of anilines is 1. The second-order valence-corrected chi connectivity index (χ2v) is 11.9. The summed E-state index contributed by atoms with van der Waals surface area (Å²) in [5, 5.41) is 10.6. The molecule has 0 fully saturated rings. The van der Waals surface area contributed by atoms with Crippen molar-refractivity contribution in [2.24, 2.45) is 0 Å². The van der Waals surface area contributed by atoms with Crippen molar-refractivity contribution in [2.75, 3.05) is 5.32 Å². The van der Waals surface area contributed by atoms with Crippen molar-refractivity contribution >= 4 is 55.6 Å². The Hall–Kier alpha value is -2.04. The molecular formula is C21H22Cl2N4O3S2. The summed E-state index contributed by atoms with van der Waals surface area (Å²) in [4.78, 5) is 12.4. The minimum absolute atomic E-state index is 0.00487. The van der Waals surface area contributed by atoms with Gasteiger partial charge in [0.15, 0.2) is 0 Å². The van der Waals surface area contributed by atoms with Gasteiger partial charge in [-0.15, -0.1) is 10.2 Å². The van der Waals surface area contributed by atoms with Crippen LogP contribution in [0.5, 0.6) is 0 Å². The lowest BCUT2D eigenvalue weighted by Crippen LogP contribution is -2.27. The van der Waals surface area contributed by atoms with Crippen molar-refractivity contribution in [3.05, 3.63) is 69.2 Å². The number of hydrogen-bond acceptors (Lipinski definition) is 6. The molecule has 1 heterocycles. The second kappa shape index (κ2) is 9.44. The smallest absolute Gasteiger partial charge is 0.270 e. The molecule has 1 atom stereocenters. The molecule has 32 heavy (non-hydrogen) atoms. The van der Waals surface area contributed by atoms with Crippen LogP contribution in [0, 0.1) is 0 Å². The minimum Gasteiger partial charge on any atom is -0.296 e. The zero-order chi connectivity index (χ0) is 23.7. The van der Waals surface area contributed by atoms with E-state index < -0.39 is 22.0 Å². The molecular weight excluding hydrogens is 491 g/mol. The van der Waals surface area contributed by atoms with Crippen LogP contribution in [0.2, 0.25) is 10.0 Å². The number of carbonyl (C=O) groups excluding carboxylic acids is 1. The number of amides is 1. The third-order valence-electron chi connectivity index (χ3n) is 4.64. The predicted octanol–water partition coefficient (Wildman–Crippen LogP) is 5.43. The molecule has 0 unspecified atom stereocenters. The second-order valence-electron chi connectivity index (χ2n) is 8.17. The van der Waals surface area contributed by atoms with Crippen molar-refractivity contribution in [3.63, 3.8) is 0 Å². The number of nitrogens with zero attached hydrogens (tertiary/aromatic N) is 2. The van der Waals surface area contributed by atoms with Crippen LogP contribution in [0.15, 0.2) is 46.8 Å². The summed E-state index contributed by atoms with van der Waals surface area (Å²) in [6.45, 7) is 8.08. The van der Waals surface area contributed by atoms with Crippen LogP contribution in [0.25, 0.3) is 0 Å². The number of benzene rings is 2. The van der Waals surface area contributed by atoms with E-state index in [1.807, 2.05) is 24.3 Å². The Morgan fingerprint density at radius 2 is 1.72 bits per heavy atom. The first-order valence-corrected chi connectivity index (χ1v) is 12.6. The van der Waals surface area contributed by atoms with Gasteiger partial charge in [0.05, 0.1) is 10.6 Å². The van der Waals surface area contributed by atoms with E-state index in [0.717, 1.165) is 22.5 Å². The summed E-state index contributed by atoms with van der Waals surface area (Å²) in [5.41, 5.74) is 2.16. The largest absolute Gasteiger partial charge is 0.296 e. The maximum atomic E-state index is 12.8. The van der Waals surface area contributed by atoms with E-state index in [4.69, 9.17) is 23.2 Å². The molecule has 1 aromatic heterocycles. The summed E-state index contributed by atoms with van der Waals surface area (Å²) < 4.78 is 27.8. The molecule has 0 radical (unpaired) electrons. The van der Waals surface area contributed by atoms with E-state index in [-0.39, 0.29) is 25.5 Å². The fourth-order valence-electron chi connectivity index (χ4n) is 2.83. The summed E-state index contributed by atoms with van der Waals surface area (Å²) in [7, 11) is -3.94. The molecule has 170 valence electrons. The van der Waals surface area contributed by atoms with Crippen LogP contribution in [-0.4, -0.2) is 24.5 Å². The lowest BCUT2D eigenvalue weighted by molar-refractivity contribution is 0.102. The topological polar surface area (TPSA) is 101 Å². The van der Waals surface area contributed by atoms with Crippen molar-refractivity contribution in [2.45, 2.75) is 43.5 Å². The molecule has 3 rings (SSSR count). The van der Waals surface area contributed by atoms with E-state index in [1.54, 1.807) is 6.92 Å². The highest BCUT2D eigenvalue weighted by atomic mass is 35.5. The van der Waals surface area contributed by atoms with Gasteiger partial charge in [0.2, 0.25) is 9.47 Å². The summed E-state index contributed by atoms with van der Waals surface area (Å²) >= 11 is 12.6.